The molecule has 3 aromatic rings. The predicted molar refractivity (Wildman–Crippen MR) is 197 cm³/mol. The van der Waals surface area contributed by atoms with Crippen molar-refractivity contribution in [2.24, 2.45) is 5.73 Å². The summed E-state index contributed by atoms with van der Waals surface area (Å²) in [6.07, 6.45) is 1.29. The largest absolute Gasteiger partial charge is 0.508 e. The molecule has 0 spiro atoms. The lowest BCUT2D eigenvalue weighted by atomic mass is 10.0. The number of aromatic nitrogens is 6. The third-order valence-corrected chi connectivity index (χ3v) is 13.2. The zero-order valence-electron chi connectivity index (χ0n) is 28.7. The van der Waals surface area contributed by atoms with Gasteiger partial charge in [-0.25, -0.2) is 14.3 Å². The normalized spacial score (nSPS) is 21.8. The van der Waals surface area contributed by atoms with E-state index in [1.807, 2.05) is 6.92 Å². The van der Waals surface area contributed by atoms with Crippen LogP contribution in [0.25, 0.3) is 0 Å². The number of phenolic OH excluding ortho intramolecular Hbond substituents is 1. The molecular formula is C30H33N11O10S4. The second kappa shape index (κ2) is 17.2. The molecule has 7 rings (SSSR count). The number of β-lactam (4-membered cyclic amide) rings is 2. The first-order chi connectivity index (χ1) is 25.7. The van der Waals surface area contributed by atoms with Crippen LogP contribution in [0.3, 0.4) is 0 Å². The van der Waals surface area contributed by atoms with Crippen LogP contribution in [0.4, 0.5) is 0 Å². The number of carbonyl (C=O) groups excluding carboxylic acids is 4. The Morgan fingerprint density at radius 1 is 0.945 bits per heavy atom. The number of rotatable bonds is 11. The van der Waals surface area contributed by atoms with Crippen LogP contribution in [0.15, 0.2) is 57.5 Å². The number of nitrogens with two attached hydrogens (primary N) is 1. The van der Waals surface area contributed by atoms with Crippen molar-refractivity contribution in [2.45, 2.75) is 53.6 Å². The Kier molecular flexibility index (Phi) is 12.8. The number of amides is 4. The van der Waals surface area contributed by atoms with E-state index in [1.54, 1.807) is 6.92 Å². The Labute approximate surface area is 327 Å². The number of carbonyl (C=O) groups is 6. The third-order valence-electron chi connectivity index (χ3n) is 8.33. The maximum absolute atomic E-state index is 12.6. The van der Waals surface area contributed by atoms with Gasteiger partial charge in [-0.05, 0) is 53.1 Å². The minimum absolute atomic E-state index is 0. The van der Waals surface area contributed by atoms with Gasteiger partial charge in [-0.15, -0.1) is 38.8 Å². The van der Waals surface area contributed by atoms with Crippen LogP contribution >= 0.6 is 46.6 Å². The van der Waals surface area contributed by atoms with Gasteiger partial charge >= 0.3 is 11.9 Å². The lowest BCUT2D eigenvalue weighted by Crippen LogP contribution is -2.71. The van der Waals surface area contributed by atoms with E-state index in [1.165, 1.54) is 91.7 Å². The molecule has 0 aliphatic carbocycles. The smallest absolute Gasteiger partial charge is 0.352 e. The van der Waals surface area contributed by atoms with Gasteiger partial charge in [0.15, 0.2) is 4.34 Å². The summed E-state index contributed by atoms with van der Waals surface area (Å²) in [6.45, 7) is 3.39. The zero-order valence-corrected chi connectivity index (χ0v) is 31.9. The number of aliphatic carboxylic acids is 2. The zero-order chi connectivity index (χ0) is 38.8. The number of aromatic hydroxyl groups is 1. The number of fused-ring (bicyclic) bond motifs is 2. The standard InChI is InChI=1S/C16H17N3O5S.C14H14N8O4S3.H2O/c1-7-6-25-15-11(14(22)19(15)12(7)16(23)24)18-13(21)10(17)8-2-4-9(20)5-3-8;1-6-17-18-14(29-6)28-4-7-3-27-12-9(11(24)22(12)10(7)13(25)26)16-8(23)2-21-5-15-19-20-21;/h2-5,10-11,15,20H,6,17H2,1H3,(H,18,21)(H,23,24);5,9,12H,2-4H2,1H3,(H,16,23)(H,25,26);1H2/t10-,11-,15-;9-,12-;/m11./s1. The van der Waals surface area contributed by atoms with E-state index >= 15 is 0 Å². The summed E-state index contributed by atoms with van der Waals surface area (Å²) in [6, 6.07) is 3.32. The van der Waals surface area contributed by atoms with Gasteiger partial charge in [-0.2, -0.15) is 0 Å². The number of phenols is 1. The number of nitrogens with one attached hydrogen (secondary N) is 2. The molecule has 25 heteroatoms. The first-order valence-electron chi connectivity index (χ1n) is 15.8. The molecule has 21 nitrogen and oxygen atoms in total. The molecule has 292 valence electrons. The van der Waals surface area contributed by atoms with Gasteiger partial charge in [0.2, 0.25) is 11.8 Å². The Bertz CT molecular complexity index is 2060. The predicted octanol–water partition coefficient (Wildman–Crippen LogP) is -1.31. The van der Waals surface area contributed by atoms with Crippen molar-refractivity contribution in [1.29, 1.82) is 0 Å². The summed E-state index contributed by atoms with van der Waals surface area (Å²) in [7, 11) is 0. The number of tetrazole rings is 1. The number of thioether (sulfide) groups is 3. The summed E-state index contributed by atoms with van der Waals surface area (Å²) in [5.41, 5.74) is 7.63. The fourth-order valence-corrected chi connectivity index (χ4v) is 10.3. The molecule has 1 aromatic carbocycles. The molecule has 6 heterocycles. The number of hydrogen-bond donors (Lipinski definition) is 6. The van der Waals surface area contributed by atoms with Crippen LogP contribution < -0.4 is 16.4 Å². The van der Waals surface area contributed by atoms with Gasteiger partial charge in [0, 0.05) is 17.3 Å². The van der Waals surface area contributed by atoms with Gasteiger partial charge in [0.1, 0.15) is 63.9 Å². The number of nitrogens with zero attached hydrogens (tertiary/aromatic N) is 8. The van der Waals surface area contributed by atoms with E-state index in [0.717, 1.165) is 9.35 Å². The molecular weight excluding hydrogens is 803 g/mol. The highest BCUT2D eigenvalue weighted by Crippen LogP contribution is 2.42. The fraction of sp³-hybridized carbons (Fsp3) is 0.367. The average Bonchev–Trinajstić information content (AvgIpc) is 3.82. The van der Waals surface area contributed by atoms with Crippen molar-refractivity contribution in [1.82, 2.24) is 50.8 Å². The van der Waals surface area contributed by atoms with Crippen LogP contribution in [0.5, 0.6) is 5.75 Å². The van der Waals surface area contributed by atoms with Gasteiger partial charge in [0.05, 0.1) is 0 Å². The first kappa shape index (κ1) is 41.1. The van der Waals surface area contributed by atoms with Gasteiger partial charge in [0.25, 0.3) is 11.8 Å². The van der Waals surface area contributed by atoms with Crippen LogP contribution in [0.2, 0.25) is 0 Å². The van der Waals surface area contributed by atoms with Crippen molar-refractivity contribution in [3.63, 3.8) is 0 Å². The Morgan fingerprint density at radius 3 is 2.15 bits per heavy atom. The minimum atomic E-state index is -1.16. The Balaban J connectivity index is 0.000000210. The van der Waals surface area contributed by atoms with Crippen LogP contribution in [-0.4, -0.2) is 137 Å². The van der Waals surface area contributed by atoms with Crippen molar-refractivity contribution in [2.75, 3.05) is 17.3 Å². The molecule has 4 aliphatic heterocycles. The minimum Gasteiger partial charge on any atom is -0.508 e. The van der Waals surface area contributed by atoms with Crippen LogP contribution in [0.1, 0.15) is 23.5 Å². The molecule has 0 saturated carbocycles. The van der Waals surface area contributed by atoms with Gasteiger partial charge in [-0.3, -0.25) is 29.0 Å². The van der Waals surface area contributed by atoms with E-state index in [2.05, 4.69) is 36.4 Å². The van der Waals surface area contributed by atoms with Crippen LogP contribution in [-0.2, 0) is 35.3 Å². The maximum Gasteiger partial charge on any atom is 0.352 e. The molecule has 5 atom stereocenters. The lowest BCUT2D eigenvalue weighted by molar-refractivity contribution is -0.150. The summed E-state index contributed by atoms with van der Waals surface area (Å²) < 4.78 is 1.98. The molecule has 0 unspecified atom stereocenters. The van der Waals surface area contributed by atoms with E-state index in [-0.39, 0.29) is 29.2 Å². The average molecular weight is 836 g/mol. The van der Waals surface area contributed by atoms with E-state index in [4.69, 9.17) is 5.73 Å². The monoisotopic (exact) mass is 835 g/mol. The fourth-order valence-electron chi connectivity index (χ4n) is 5.75. The number of carboxylic acid groups (broad SMARTS) is 2. The van der Waals surface area contributed by atoms with Crippen molar-refractivity contribution in [3.8, 4) is 5.75 Å². The molecule has 2 fully saturated rings. The van der Waals surface area contributed by atoms with Crippen LogP contribution in [0, 0.1) is 6.92 Å². The second-order valence-electron chi connectivity index (χ2n) is 12.0. The Morgan fingerprint density at radius 2 is 1.56 bits per heavy atom. The molecule has 9 N–H and O–H groups in total. The SMILES string of the molecule is CC1=C(C(=O)O)N2C(=O)[C@@H](NC(=O)[C@H](N)c3ccc(O)cc3)[C@H]2SC1.Cc1nnc(SCC2=C(C(=O)O)N3C(=O)[C@@H](NC(=O)Cn4cnnn4)[C@H]3SC2)s1.O. The lowest BCUT2D eigenvalue weighted by Gasteiger charge is -2.49. The van der Waals surface area contributed by atoms with Crippen molar-refractivity contribution in [3.05, 3.63) is 63.7 Å². The number of aryl methyl sites for hydroxylation is 1. The van der Waals surface area contributed by atoms with E-state index in [0.29, 0.717) is 34.0 Å². The van der Waals surface area contributed by atoms with Gasteiger partial charge in [-0.1, -0.05) is 35.2 Å². The molecule has 2 saturated heterocycles. The van der Waals surface area contributed by atoms with E-state index < -0.39 is 64.4 Å². The molecule has 2 aromatic heterocycles. The molecule has 55 heavy (non-hydrogen) atoms. The number of hydrogen-bond acceptors (Lipinski definition) is 17. The summed E-state index contributed by atoms with van der Waals surface area (Å²) >= 11 is 5.64. The number of benzene rings is 1. The second-order valence-corrected chi connectivity index (χ2v) is 16.6. The topological polar surface area (TPSA) is 321 Å². The quantitative estimate of drug-likeness (QED) is 0.0965. The first-order valence-corrected chi connectivity index (χ1v) is 19.7. The van der Waals surface area contributed by atoms with Gasteiger partial charge < -0.3 is 37.2 Å². The number of carboxylic acids is 2. The molecule has 4 amide bonds. The highest BCUT2D eigenvalue weighted by atomic mass is 32.2. The molecule has 0 bridgehead atoms. The highest BCUT2D eigenvalue weighted by Gasteiger charge is 2.55. The highest BCUT2D eigenvalue weighted by molar-refractivity contribution is 8.02. The Hall–Kier alpha value is -5.08. The maximum atomic E-state index is 12.6. The summed E-state index contributed by atoms with van der Waals surface area (Å²) in [4.78, 5) is 75.0. The van der Waals surface area contributed by atoms with Crippen molar-refractivity contribution < 1.29 is 49.6 Å². The van der Waals surface area contributed by atoms with Crippen molar-refractivity contribution >= 4 is 82.2 Å². The summed E-state index contributed by atoms with van der Waals surface area (Å²) in [5, 5.41) is 51.8. The molecule has 4 aliphatic rings. The molecule has 0 radical (unpaired) electrons. The van der Waals surface area contributed by atoms with E-state index in [9.17, 15) is 44.1 Å². The third kappa shape index (κ3) is 8.60. The summed E-state index contributed by atoms with van der Waals surface area (Å²) in [5.74, 6) is -2.80.